The van der Waals surface area contributed by atoms with E-state index < -0.39 is 0 Å². The Morgan fingerprint density at radius 2 is 2.21 bits per heavy atom. The summed E-state index contributed by atoms with van der Waals surface area (Å²) >= 11 is 5.92. The van der Waals surface area contributed by atoms with Gasteiger partial charge in [0.2, 0.25) is 0 Å². The molecule has 0 spiro atoms. The highest BCUT2D eigenvalue weighted by Gasteiger charge is 2.20. The molecule has 1 heterocycles. The number of anilines is 1. The highest BCUT2D eigenvalue weighted by atomic mass is 35.5. The second kappa shape index (κ2) is 7.34. The largest absolute Gasteiger partial charge is 0.382 e. The van der Waals surface area contributed by atoms with E-state index in [2.05, 4.69) is 25.8 Å². The molecule has 106 valence electrons. The number of carbonyl (C=O) groups is 1. The van der Waals surface area contributed by atoms with Crippen molar-refractivity contribution >= 4 is 23.3 Å². The number of nitrogens with two attached hydrogens (primary N) is 1. The Morgan fingerprint density at radius 3 is 2.74 bits per heavy atom. The highest BCUT2D eigenvalue weighted by Crippen LogP contribution is 2.19. The van der Waals surface area contributed by atoms with Crippen molar-refractivity contribution in [3.05, 3.63) is 22.8 Å². The van der Waals surface area contributed by atoms with E-state index in [-0.39, 0.29) is 17.8 Å². The number of amides is 1. The minimum atomic E-state index is -0.0304. The maximum atomic E-state index is 12.5. The van der Waals surface area contributed by atoms with Crippen molar-refractivity contribution in [1.29, 1.82) is 0 Å². The average molecular weight is 284 g/mol. The zero-order valence-corrected chi connectivity index (χ0v) is 12.6. The van der Waals surface area contributed by atoms with Gasteiger partial charge in [-0.05, 0) is 25.8 Å². The number of aromatic nitrogens is 1. The van der Waals surface area contributed by atoms with E-state index in [0.29, 0.717) is 10.6 Å². The molecule has 0 radical (unpaired) electrons. The lowest BCUT2D eigenvalue weighted by Gasteiger charge is -2.28. The second-order valence-electron chi connectivity index (χ2n) is 4.70. The van der Waals surface area contributed by atoms with Crippen molar-refractivity contribution in [1.82, 2.24) is 9.88 Å². The summed E-state index contributed by atoms with van der Waals surface area (Å²) in [6, 6.07) is 1.79. The first-order valence-electron chi connectivity index (χ1n) is 6.73. The minimum absolute atomic E-state index is 0.0304. The fourth-order valence-electron chi connectivity index (χ4n) is 1.80. The fourth-order valence-corrected chi connectivity index (χ4v) is 1.97. The highest BCUT2D eigenvalue weighted by molar-refractivity contribution is 6.33. The van der Waals surface area contributed by atoms with Gasteiger partial charge in [-0.1, -0.05) is 31.9 Å². The molecule has 0 fully saturated rings. The standard InChI is InChI=1S/C14H22ClN3O/c1-4-6-7-18(10(3)5-2)14(19)11-8-12(15)13(16)17-9-11/h8-10H,4-7H2,1-3H3,(H2,16,17). The van der Waals surface area contributed by atoms with Gasteiger partial charge in [-0.3, -0.25) is 4.79 Å². The van der Waals surface area contributed by atoms with Crippen molar-refractivity contribution in [2.24, 2.45) is 0 Å². The summed E-state index contributed by atoms with van der Waals surface area (Å²) in [4.78, 5) is 18.3. The normalized spacial score (nSPS) is 12.2. The zero-order valence-electron chi connectivity index (χ0n) is 11.8. The smallest absolute Gasteiger partial charge is 0.255 e. The molecule has 0 aliphatic heterocycles. The number of halogens is 1. The van der Waals surface area contributed by atoms with Crippen molar-refractivity contribution in [2.75, 3.05) is 12.3 Å². The topological polar surface area (TPSA) is 59.2 Å². The molecule has 0 saturated heterocycles. The van der Waals surface area contributed by atoms with Crippen LogP contribution in [0.2, 0.25) is 5.02 Å². The number of carbonyl (C=O) groups excluding carboxylic acids is 1. The Balaban J connectivity index is 2.94. The van der Waals surface area contributed by atoms with Crippen molar-refractivity contribution in [3.63, 3.8) is 0 Å². The molecular formula is C14H22ClN3O. The van der Waals surface area contributed by atoms with Gasteiger partial charge in [-0.2, -0.15) is 0 Å². The molecular weight excluding hydrogens is 262 g/mol. The number of pyridine rings is 1. The Hall–Kier alpha value is -1.29. The van der Waals surface area contributed by atoms with E-state index in [1.54, 1.807) is 6.07 Å². The Morgan fingerprint density at radius 1 is 1.53 bits per heavy atom. The number of hydrogen-bond acceptors (Lipinski definition) is 3. The van der Waals surface area contributed by atoms with E-state index in [9.17, 15) is 4.79 Å². The van der Waals surface area contributed by atoms with E-state index in [4.69, 9.17) is 17.3 Å². The third kappa shape index (κ3) is 4.10. The van der Waals surface area contributed by atoms with Crippen LogP contribution in [-0.2, 0) is 0 Å². The number of rotatable bonds is 6. The summed E-state index contributed by atoms with van der Waals surface area (Å²) in [6.07, 6.45) is 4.46. The van der Waals surface area contributed by atoms with Gasteiger partial charge in [0.1, 0.15) is 5.82 Å². The van der Waals surface area contributed by atoms with E-state index in [0.717, 1.165) is 25.8 Å². The van der Waals surface area contributed by atoms with Gasteiger partial charge in [-0.25, -0.2) is 4.98 Å². The molecule has 1 rings (SSSR count). The maximum Gasteiger partial charge on any atom is 0.255 e. The van der Waals surface area contributed by atoms with Crippen LogP contribution in [0.15, 0.2) is 12.3 Å². The van der Waals surface area contributed by atoms with E-state index >= 15 is 0 Å². The van der Waals surface area contributed by atoms with Gasteiger partial charge in [0, 0.05) is 18.8 Å². The molecule has 0 aliphatic carbocycles. The summed E-state index contributed by atoms with van der Waals surface area (Å²) in [5.74, 6) is 0.221. The van der Waals surface area contributed by atoms with Crippen LogP contribution >= 0.6 is 11.6 Å². The number of nitrogen functional groups attached to an aromatic ring is 1. The molecule has 2 N–H and O–H groups in total. The lowest BCUT2D eigenvalue weighted by molar-refractivity contribution is 0.0685. The van der Waals surface area contributed by atoms with Gasteiger partial charge < -0.3 is 10.6 Å². The van der Waals surface area contributed by atoms with Crippen LogP contribution < -0.4 is 5.73 Å². The molecule has 0 bridgehead atoms. The predicted octanol–water partition coefficient (Wildman–Crippen LogP) is 3.36. The van der Waals surface area contributed by atoms with E-state index in [1.807, 2.05) is 4.90 Å². The van der Waals surface area contributed by atoms with Gasteiger partial charge >= 0.3 is 0 Å². The number of unbranched alkanes of at least 4 members (excludes halogenated alkanes) is 1. The van der Waals surface area contributed by atoms with Crippen molar-refractivity contribution in [3.8, 4) is 0 Å². The quantitative estimate of drug-likeness (QED) is 0.871. The summed E-state index contributed by atoms with van der Waals surface area (Å²) in [6.45, 7) is 7.00. The van der Waals surface area contributed by atoms with Crippen LogP contribution in [-0.4, -0.2) is 28.4 Å². The van der Waals surface area contributed by atoms with Gasteiger partial charge in [-0.15, -0.1) is 0 Å². The Kier molecular flexibility index (Phi) is 6.09. The van der Waals surface area contributed by atoms with Crippen LogP contribution in [0, 0.1) is 0 Å². The van der Waals surface area contributed by atoms with Crippen LogP contribution in [0.3, 0.4) is 0 Å². The predicted molar refractivity (Wildman–Crippen MR) is 79.4 cm³/mol. The van der Waals surface area contributed by atoms with Crippen LogP contribution in [0.1, 0.15) is 50.4 Å². The third-order valence-electron chi connectivity index (χ3n) is 3.25. The van der Waals surface area contributed by atoms with Gasteiger partial charge in [0.25, 0.3) is 5.91 Å². The minimum Gasteiger partial charge on any atom is -0.382 e. The molecule has 5 heteroatoms. The summed E-state index contributed by atoms with van der Waals surface area (Å²) < 4.78 is 0. The monoisotopic (exact) mass is 283 g/mol. The summed E-state index contributed by atoms with van der Waals surface area (Å²) in [5.41, 5.74) is 6.06. The summed E-state index contributed by atoms with van der Waals surface area (Å²) in [7, 11) is 0. The third-order valence-corrected chi connectivity index (χ3v) is 3.56. The molecule has 0 aromatic carbocycles. The SMILES string of the molecule is CCCCN(C(=O)c1cnc(N)c(Cl)c1)C(C)CC. The number of hydrogen-bond donors (Lipinski definition) is 1. The summed E-state index contributed by atoms with van der Waals surface area (Å²) in [5, 5.41) is 0.324. The van der Waals surface area contributed by atoms with E-state index in [1.165, 1.54) is 6.20 Å². The zero-order chi connectivity index (χ0) is 14.4. The molecule has 1 aromatic heterocycles. The molecule has 1 aromatic rings. The van der Waals surface area contributed by atoms with Crippen molar-refractivity contribution in [2.45, 2.75) is 46.1 Å². The number of nitrogens with zero attached hydrogens (tertiary/aromatic N) is 2. The molecule has 0 aliphatic rings. The first-order valence-corrected chi connectivity index (χ1v) is 7.11. The molecule has 4 nitrogen and oxygen atoms in total. The van der Waals surface area contributed by atoms with Gasteiger partial charge in [0.15, 0.2) is 0 Å². The molecule has 0 saturated carbocycles. The Labute approximate surface area is 120 Å². The van der Waals surface area contributed by atoms with Gasteiger partial charge in [0.05, 0.1) is 10.6 Å². The molecule has 1 unspecified atom stereocenters. The lowest BCUT2D eigenvalue weighted by Crippen LogP contribution is -2.39. The molecule has 19 heavy (non-hydrogen) atoms. The first-order chi connectivity index (χ1) is 9.01. The first kappa shape index (κ1) is 15.8. The molecule has 1 atom stereocenters. The van der Waals surface area contributed by atoms with Crippen molar-refractivity contribution < 1.29 is 4.79 Å². The average Bonchev–Trinajstić information content (AvgIpc) is 2.41. The maximum absolute atomic E-state index is 12.5. The fraction of sp³-hybridized carbons (Fsp3) is 0.571. The Bertz CT molecular complexity index is 437. The van der Waals surface area contributed by atoms with Crippen LogP contribution in [0.25, 0.3) is 0 Å². The van der Waals surface area contributed by atoms with Crippen LogP contribution in [0.4, 0.5) is 5.82 Å². The molecule has 1 amide bonds. The van der Waals surface area contributed by atoms with Crippen LogP contribution in [0.5, 0.6) is 0 Å². The second-order valence-corrected chi connectivity index (χ2v) is 5.11. The lowest BCUT2D eigenvalue weighted by atomic mass is 10.1.